The Morgan fingerprint density at radius 3 is 2.74 bits per heavy atom. The Balaban J connectivity index is 2.11. The number of benzene rings is 2. The Morgan fingerprint density at radius 2 is 2.00 bits per heavy atom. The first kappa shape index (κ1) is 13.9. The van der Waals surface area contributed by atoms with E-state index in [4.69, 9.17) is 15.2 Å². The molecule has 0 aliphatic rings. The highest BCUT2D eigenvalue weighted by Crippen LogP contribution is 2.24. The Labute approximate surface area is 121 Å². The van der Waals surface area contributed by atoms with Crippen molar-refractivity contribution in [2.24, 2.45) is 5.73 Å². The molecular weight excluding hydrogens is 306 g/mol. The summed E-state index contributed by atoms with van der Waals surface area (Å²) in [5.74, 6) is 1.63. The quantitative estimate of drug-likeness (QED) is 0.916. The molecule has 0 saturated carbocycles. The van der Waals surface area contributed by atoms with Crippen molar-refractivity contribution in [1.29, 1.82) is 0 Å². The minimum absolute atomic E-state index is 0.459. The molecule has 3 nitrogen and oxygen atoms in total. The summed E-state index contributed by atoms with van der Waals surface area (Å²) in [6, 6.07) is 13.7. The number of hydrogen-bond acceptors (Lipinski definition) is 3. The predicted molar refractivity (Wildman–Crippen MR) is 79.4 cm³/mol. The number of hydrogen-bond donors (Lipinski definition) is 1. The average Bonchev–Trinajstić information content (AvgIpc) is 2.45. The third-order valence-electron chi connectivity index (χ3n) is 2.78. The maximum absolute atomic E-state index is 5.83. The van der Waals surface area contributed by atoms with Gasteiger partial charge in [0.05, 0.1) is 7.11 Å². The van der Waals surface area contributed by atoms with Crippen LogP contribution in [0.25, 0.3) is 0 Å². The van der Waals surface area contributed by atoms with E-state index < -0.39 is 0 Å². The molecule has 0 radical (unpaired) electrons. The molecule has 0 atom stereocenters. The maximum Gasteiger partial charge on any atom is 0.125 e. The van der Waals surface area contributed by atoms with Crippen LogP contribution in [0.1, 0.15) is 11.1 Å². The van der Waals surface area contributed by atoms with Gasteiger partial charge in [0.2, 0.25) is 0 Å². The number of nitrogens with two attached hydrogens (primary N) is 1. The van der Waals surface area contributed by atoms with Gasteiger partial charge in [-0.25, -0.2) is 0 Å². The predicted octanol–water partition coefficient (Wildman–Crippen LogP) is 3.50. The standard InChI is InChI=1S/C15H16BrNO2/c1-18-14-4-2-3-11(7-14)10-19-15-8-13(16)6-5-12(15)9-17/h2-8H,9-10,17H2,1H3. The molecule has 2 rings (SSSR count). The molecular formula is C15H16BrNO2. The molecule has 2 aromatic carbocycles. The van der Waals surface area contributed by atoms with Crippen molar-refractivity contribution in [2.75, 3.05) is 7.11 Å². The zero-order valence-electron chi connectivity index (χ0n) is 10.7. The Hall–Kier alpha value is -1.52. The average molecular weight is 322 g/mol. The smallest absolute Gasteiger partial charge is 0.125 e. The second kappa shape index (κ2) is 6.59. The van der Waals surface area contributed by atoms with E-state index in [0.717, 1.165) is 27.1 Å². The lowest BCUT2D eigenvalue weighted by Crippen LogP contribution is -2.02. The van der Waals surface area contributed by atoms with Crippen LogP contribution >= 0.6 is 15.9 Å². The van der Waals surface area contributed by atoms with Crippen LogP contribution in [0.3, 0.4) is 0 Å². The van der Waals surface area contributed by atoms with E-state index in [1.807, 2.05) is 42.5 Å². The number of halogens is 1. The Kier molecular flexibility index (Phi) is 4.82. The highest BCUT2D eigenvalue weighted by Gasteiger charge is 2.04. The number of methoxy groups -OCH3 is 1. The van der Waals surface area contributed by atoms with Crippen LogP contribution in [0, 0.1) is 0 Å². The lowest BCUT2D eigenvalue weighted by molar-refractivity contribution is 0.302. The highest BCUT2D eigenvalue weighted by molar-refractivity contribution is 9.10. The van der Waals surface area contributed by atoms with Crippen molar-refractivity contribution in [3.05, 3.63) is 58.1 Å². The fraction of sp³-hybridized carbons (Fsp3) is 0.200. The molecule has 0 aromatic heterocycles. The summed E-state index contributed by atoms with van der Waals surface area (Å²) in [6.07, 6.45) is 0. The summed E-state index contributed by atoms with van der Waals surface area (Å²) in [4.78, 5) is 0. The summed E-state index contributed by atoms with van der Waals surface area (Å²) < 4.78 is 12.0. The van der Waals surface area contributed by atoms with Gasteiger partial charge in [-0.3, -0.25) is 0 Å². The molecule has 4 heteroatoms. The van der Waals surface area contributed by atoms with Crippen LogP contribution < -0.4 is 15.2 Å². The van der Waals surface area contributed by atoms with Gasteiger partial charge in [0.15, 0.2) is 0 Å². The van der Waals surface area contributed by atoms with Gasteiger partial charge >= 0.3 is 0 Å². The van der Waals surface area contributed by atoms with Gasteiger partial charge in [0.1, 0.15) is 18.1 Å². The molecule has 0 heterocycles. The molecule has 0 spiro atoms. The fourth-order valence-corrected chi connectivity index (χ4v) is 2.09. The van der Waals surface area contributed by atoms with E-state index in [-0.39, 0.29) is 0 Å². The largest absolute Gasteiger partial charge is 0.497 e. The van der Waals surface area contributed by atoms with Crippen molar-refractivity contribution in [2.45, 2.75) is 13.2 Å². The molecule has 2 aromatic rings. The van der Waals surface area contributed by atoms with Crippen LogP contribution in [-0.4, -0.2) is 7.11 Å². The summed E-state index contributed by atoms with van der Waals surface area (Å²) in [6.45, 7) is 0.946. The fourth-order valence-electron chi connectivity index (χ4n) is 1.75. The monoisotopic (exact) mass is 321 g/mol. The third kappa shape index (κ3) is 3.72. The molecule has 0 saturated heterocycles. The molecule has 2 N–H and O–H groups in total. The van der Waals surface area contributed by atoms with Crippen LogP contribution in [0.2, 0.25) is 0 Å². The lowest BCUT2D eigenvalue weighted by atomic mass is 10.2. The summed E-state index contributed by atoms with van der Waals surface area (Å²) in [5, 5.41) is 0. The second-order valence-corrected chi connectivity index (χ2v) is 5.01. The van der Waals surface area contributed by atoms with Crippen LogP contribution in [0.4, 0.5) is 0 Å². The first-order valence-electron chi connectivity index (χ1n) is 5.97. The molecule has 0 bridgehead atoms. The Morgan fingerprint density at radius 1 is 1.16 bits per heavy atom. The number of rotatable bonds is 5. The first-order chi connectivity index (χ1) is 9.22. The van der Waals surface area contributed by atoms with E-state index in [9.17, 15) is 0 Å². The minimum Gasteiger partial charge on any atom is -0.497 e. The Bertz CT molecular complexity index is 558. The minimum atomic E-state index is 0.459. The number of ether oxygens (including phenoxy) is 2. The van der Waals surface area contributed by atoms with Gasteiger partial charge in [-0.1, -0.05) is 34.1 Å². The lowest BCUT2D eigenvalue weighted by Gasteiger charge is -2.11. The molecule has 100 valence electrons. The van der Waals surface area contributed by atoms with Crippen LogP contribution in [0.15, 0.2) is 46.9 Å². The molecule has 0 aliphatic heterocycles. The van der Waals surface area contributed by atoms with Gasteiger partial charge in [-0.05, 0) is 29.8 Å². The molecule has 0 aliphatic carbocycles. The SMILES string of the molecule is COc1cccc(COc2cc(Br)ccc2CN)c1. The second-order valence-electron chi connectivity index (χ2n) is 4.10. The van der Waals surface area contributed by atoms with E-state index in [2.05, 4.69) is 15.9 Å². The maximum atomic E-state index is 5.83. The van der Waals surface area contributed by atoms with Crippen LogP contribution in [-0.2, 0) is 13.2 Å². The van der Waals surface area contributed by atoms with Gasteiger partial charge in [-0.2, -0.15) is 0 Å². The zero-order chi connectivity index (χ0) is 13.7. The van der Waals surface area contributed by atoms with Gasteiger partial charge in [0.25, 0.3) is 0 Å². The van der Waals surface area contributed by atoms with Crippen molar-refractivity contribution >= 4 is 15.9 Å². The van der Waals surface area contributed by atoms with E-state index >= 15 is 0 Å². The molecule has 0 amide bonds. The van der Waals surface area contributed by atoms with E-state index in [1.165, 1.54) is 0 Å². The topological polar surface area (TPSA) is 44.5 Å². The van der Waals surface area contributed by atoms with Crippen LogP contribution in [0.5, 0.6) is 11.5 Å². The highest BCUT2D eigenvalue weighted by atomic mass is 79.9. The summed E-state index contributed by atoms with van der Waals surface area (Å²) in [5.41, 5.74) is 7.75. The van der Waals surface area contributed by atoms with E-state index in [1.54, 1.807) is 7.11 Å². The third-order valence-corrected chi connectivity index (χ3v) is 3.27. The van der Waals surface area contributed by atoms with Crippen molar-refractivity contribution in [1.82, 2.24) is 0 Å². The van der Waals surface area contributed by atoms with Crippen molar-refractivity contribution in [3.63, 3.8) is 0 Å². The van der Waals surface area contributed by atoms with Crippen molar-refractivity contribution < 1.29 is 9.47 Å². The summed E-state index contributed by atoms with van der Waals surface area (Å²) in [7, 11) is 1.65. The van der Waals surface area contributed by atoms with E-state index in [0.29, 0.717) is 13.2 Å². The van der Waals surface area contributed by atoms with Gasteiger partial charge in [-0.15, -0.1) is 0 Å². The van der Waals surface area contributed by atoms with Crippen molar-refractivity contribution in [3.8, 4) is 11.5 Å². The van der Waals surface area contributed by atoms with Gasteiger partial charge in [0, 0.05) is 16.6 Å². The summed E-state index contributed by atoms with van der Waals surface area (Å²) >= 11 is 3.43. The zero-order valence-corrected chi connectivity index (χ0v) is 12.3. The van der Waals surface area contributed by atoms with Gasteiger partial charge < -0.3 is 15.2 Å². The molecule has 0 unspecified atom stereocenters. The molecule has 19 heavy (non-hydrogen) atoms. The normalized spacial score (nSPS) is 10.3. The first-order valence-corrected chi connectivity index (χ1v) is 6.76. The molecule has 0 fully saturated rings.